The van der Waals surface area contributed by atoms with Crippen LogP contribution < -0.4 is 10.6 Å². The fourth-order valence-electron chi connectivity index (χ4n) is 1.55. The second-order valence-corrected chi connectivity index (χ2v) is 4.03. The van der Waals surface area contributed by atoms with E-state index in [2.05, 4.69) is 15.8 Å². The van der Waals surface area contributed by atoms with Crippen LogP contribution in [0.2, 0.25) is 0 Å². The summed E-state index contributed by atoms with van der Waals surface area (Å²) in [6.07, 6.45) is 0.209. The number of para-hydroxylation sites is 1. The van der Waals surface area contributed by atoms with Crippen molar-refractivity contribution >= 4 is 17.4 Å². The molecule has 2 N–H and O–H groups in total. The van der Waals surface area contributed by atoms with Gasteiger partial charge in [-0.25, -0.2) is 4.39 Å². The van der Waals surface area contributed by atoms with Crippen LogP contribution in [0.1, 0.15) is 12.2 Å². The number of hydrogen-bond acceptors (Lipinski definition) is 4. The maximum atomic E-state index is 13.3. The van der Waals surface area contributed by atoms with E-state index < -0.39 is 0 Å². The summed E-state index contributed by atoms with van der Waals surface area (Å²) in [6.45, 7) is 2.08. The lowest BCUT2D eigenvalue weighted by molar-refractivity contribution is -0.116. The standard InChI is InChI=1S/C13H14FN3O2/c1-9-8-12(17-19-9)16-13(18)6-7-15-11-5-3-2-4-10(11)14/h2-5,8,15H,6-7H2,1H3,(H,16,17,18). The number of carbonyl (C=O) groups excluding carboxylic acids is 1. The third-order valence-electron chi connectivity index (χ3n) is 2.44. The first kappa shape index (κ1) is 13.1. The number of rotatable bonds is 5. The molecule has 2 aromatic rings. The molecule has 0 radical (unpaired) electrons. The first-order valence-electron chi connectivity index (χ1n) is 5.87. The van der Waals surface area contributed by atoms with Crippen molar-refractivity contribution < 1.29 is 13.7 Å². The van der Waals surface area contributed by atoms with Gasteiger partial charge in [-0.1, -0.05) is 17.3 Å². The minimum Gasteiger partial charge on any atom is -0.382 e. The van der Waals surface area contributed by atoms with Gasteiger partial charge in [-0.3, -0.25) is 4.79 Å². The van der Waals surface area contributed by atoms with E-state index in [9.17, 15) is 9.18 Å². The molecule has 2 rings (SSSR count). The number of anilines is 2. The summed E-state index contributed by atoms with van der Waals surface area (Å²) in [5.41, 5.74) is 0.382. The molecule has 0 fully saturated rings. The third-order valence-corrected chi connectivity index (χ3v) is 2.44. The van der Waals surface area contributed by atoms with Gasteiger partial charge in [0.1, 0.15) is 11.6 Å². The van der Waals surface area contributed by atoms with Crippen molar-refractivity contribution in [2.24, 2.45) is 0 Å². The summed E-state index contributed by atoms with van der Waals surface area (Å²) in [5, 5.41) is 9.09. The smallest absolute Gasteiger partial charge is 0.227 e. The van der Waals surface area contributed by atoms with Crippen LogP contribution in [0.4, 0.5) is 15.9 Å². The molecule has 5 nitrogen and oxygen atoms in total. The quantitative estimate of drug-likeness (QED) is 0.870. The molecule has 0 spiro atoms. The van der Waals surface area contributed by atoms with Crippen molar-refractivity contribution in [3.05, 3.63) is 41.9 Å². The number of nitrogens with one attached hydrogen (secondary N) is 2. The zero-order chi connectivity index (χ0) is 13.7. The molecule has 0 aliphatic heterocycles. The predicted octanol–water partition coefficient (Wildman–Crippen LogP) is 2.56. The summed E-state index contributed by atoms with van der Waals surface area (Å²) in [4.78, 5) is 11.6. The van der Waals surface area contributed by atoms with Crippen molar-refractivity contribution in [3.63, 3.8) is 0 Å². The second kappa shape index (κ2) is 5.99. The summed E-state index contributed by atoms with van der Waals surface area (Å²) in [7, 11) is 0. The lowest BCUT2D eigenvalue weighted by Gasteiger charge is -2.06. The van der Waals surface area contributed by atoms with Gasteiger partial charge in [-0.15, -0.1) is 0 Å². The molecule has 1 amide bonds. The molecule has 6 heteroatoms. The Hall–Kier alpha value is -2.37. The van der Waals surface area contributed by atoms with E-state index in [4.69, 9.17) is 4.52 Å². The van der Waals surface area contributed by atoms with Crippen molar-refractivity contribution in [1.29, 1.82) is 0 Å². The van der Waals surface area contributed by atoms with Crippen LogP contribution in [0.3, 0.4) is 0 Å². The average Bonchev–Trinajstić information content (AvgIpc) is 2.77. The van der Waals surface area contributed by atoms with Gasteiger partial charge in [0.2, 0.25) is 5.91 Å². The number of halogens is 1. The van der Waals surface area contributed by atoms with Gasteiger partial charge in [-0.05, 0) is 19.1 Å². The fraction of sp³-hybridized carbons (Fsp3) is 0.231. The highest BCUT2D eigenvalue weighted by atomic mass is 19.1. The highest BCUT2D eigenvalue weighted by Crippen LogP contribution is 2.12. The number of hydrogen-bond donors (Lipinski definition) is 2. The Morgan fingerprint density at radius 2 is 2.21 bits per heavy atom. The molecule has 1 heterocycles. The highest BCUT2D eigenvalue weighted by molar-refractivity contribution is 5.89. The Labute approximate surface area is 109 Å². The fourth-order valence-corrected chi connectivity index (χ4v) is 1.55. The lowest BCUT2D eigenvalue weighted by Crippen LogP contribution is -2.16. The number of carbonyl (C=O) groups is 1. The van der Waals surface area contributed by atoms with Crippen LogP contribution in [0, 0.1) is 12.7 Å². The van der Waals surface area contributed by atoms with Gasteiger partial charge in [0.15, 0.2) is 5.82 Å². The first-order chi connectivity index (χ1) is 9.15. The molecule has 1 aromatic heterocycles. The minimum absolute atomic E-state index is 0.209. The van der Waals surface area contributed by atoms with Crippen molar-refractivity contribution in [2.75, 3.05) is 17.2 Å². The van der Waals surface area contributed by atoms with E-state index in [0.717, 1.165) is 0 Å². The van der Waals surface area contributed by atoms with Gasteiger partial charge in [0.05, 0.1) is 5.69 Å². The lowest BCUT2D eigenvalue weighted by atomic mass is 10.3. The van der Waals surface area contributed by atoms with Crippen LogP contribution in [0.15, 0.2) is 34.9 Å². The van der Waals surface area contributed by atoms with Crippen molar-refractivity contribution in [1.82, 2.24) is 5.16 Å². The van der Waals surface area contributed by atoms with E-state index in [1.54, 1.807) is 31.2 Å². The van der Waals surface area contributed by atoms with Gasteiger partial charge >= 0.3 is 0 Å². The maximum Gasteiger partial charge on any atom is 0.227 e. The highest BCUT2D eigenvalue weighted by Gasteiger charge is 2.06. The molecule has 19 heavy (non-hydrogen) atoms. The van der Waals surface area contributed by atoms with Crippen LogP contribution >= 0.6 is 0 Å². The summed E-state index contributed by atoms with van der Waals surface area (Å²) >= 11 is 0. The van der Waals surface area contributed by atoms with E-state index in [1.165, 1.54) is 6.07 Å². The molecular weight excluding hydrogens is 249 g/mol. The van der Waals surface area contributed by atoms with Crippen LogP contribution in [-0.2, 0) is 4.79 Å². The predicted molar refractivity (Wildman–Crippen MR) is 69.4 cm³/mol. The van der Waals surface area contributed by atoms with E-state index in [1.807, 2.05) is 0 Å². The number of aromatic nitrogens is 1. The Morgan fingerprint density at radius 1 is 1.42 bits per heavy atom. The molecule has 0 atom stereocenters. The van der Waals surface area contributed by atoms with Gasteiger partial charge in [-0.2, -0.15) is 0 Å². The number of aryl methyl sites for hydroxylation is 1. The minimum atomic E-state index is -0.338. The molecule has 0 aliphatic carbocycles. The molecule has 0 saturated carbocycles. The molecule has 1 aromatic carbocycles. The maximum absolute atomic E-state index is 13.3. The third kappa shape index (κ3) is 3.80. The van der Waals surface area contributed by atoms with Crippen LogP contribution in [0.5, 0.6) is 0 Å². The zero-order valence-electron chi connectivity index (χ0n) is 10.4. The van der Waals surface area contributed by atoms with E-state index in [0.29, 0.717) is 23.8 Å². The SMILES string of the molecule is Cc1cc(NC(=O)CCNc2ccccc2F)no1. The van der Waals surface area contributed by atoms with E-state index >= 15 is 0 Å². The Morgan fingerprint density at radius 3 is 2.89 bits per heavy atom. The normalized spacial score (nSPS) is 10.2. The number of amides is 1. The van der Waals surface area contributed by atoms with Crippen LogP contribution in [0.25, 0.3) is 0 Å². The monoisotopic (exact) mass is 263 g/mol. The van der Waals surface area contributed by atoms with Gasteiger partial charge in [0, 0.05) is 19.0 Å². The van der Waals surface area contributed by atoms with Gasteiger partial charge in [0.25, 0.3) is 0 Å². The zero-order valence-corrected chi connectivity index (χ0v) is 10.4. The second-order valence-electron chi connectivity index (χ2n) is 4.03. The largest absolute Gasteiger partial charge is 0.382 e. The number of nitrogens with zero attached hydrogens (tertiary/aromatic N) is 1. The molecule has 0 saturated heterocycles. The topological polar surface area (TPSA) is 67.2 Å². The summed E-state index contributed by atoms with van der Waals surface area (Å²) < 4.78 is 18.1. The Balaban J connectivity index is 1.77. The van der Waals surface area contributed by atoms with Crippen LogP contribution in [-0.4, -0.2) is 17.6 Å². The first-order valence-corrected chi connectivity index (χ1v) is 5.87. The summed E-state index contributed by atoms with van der Waals surface area (Å²) in [6, 6.07) is 7.95. The van der Waals surface area contributed by atoms with Gasteiger partial charge < -0.3 is 15.2 Å². The van der Waals surface area contributed by atoms with Crippen molar-refractivity contribution in [3.8, 4) is 0 Å². The van der Waals surface area contributed by atoms with E-state index in [-0.39, 0.29) is 18.1 Å². The summed E-state index contributed by atoms with van der Waals surface area (Å²) in [5.74, 6) is 0.459. The van der Waals surface area contributed by atoms with Crippen molar-refractivity contribution in [2.45, 2.75) is 13.3 Å². The Bertz CT molecular complexity index is 569. The Kier molecular flexibility index (Phi) is 4.12. The molecule has 0 unspecified atom stereocenters. The molecule has 0 bridgehead atoms. The molecule has 100 valence electrons. The molecular formula is C13H14FN3O2. The number of benzene rings is 1. The average molecular weight is 263 g/mol. The molecule has 0 aliphatic rings.